The third-order valence-electron chi connectivity index (χ3n) is 4.27. The molecule has 3 nitrogen and oxygen atoms in total. The van der Waals surface area contributed by atoms with Gasteiger partial charge in [-0.2, -0.15) is 0 Å². The van der Waals surface area contributed by atoms with Gasteiger partial charge < -0.3 is 5.11 Å². The van der Waals surface area contributed by atoms with Gasteiger partial charge >= 0.3 is 0 Å². The van der Waals surface area contributed by atoms with Crippen molar-refractivity contribution in [1.82, 2.24) is 0 Å². The zero-order valence-electron chi connectivity index (χ0n) is 12.5. The predicted octanol–water partition coefficient (Wildman–Crippen LogP) is 4.46. The SMILES string of the molecule is O=S(=O)(c1ccccc1)C(Cl)(Cl)CC1(O)CCCCCCC1. The molecule has 1 aromatic rings. The van der Waals surface area contributed by atoms with E-state index in [1.807, 2.05) is 0 Å². The first-order valence-corrected chi connectivity index (χ1v) is 9.91. The van der Waals surface area contributed by atoms with Gasteiger partial charge in [0.25, 0.3) is 0 Å². The van der Waals surface area contributed by atoms with Gasteiger partial charge in [0.05, 0.1) is 10.5 Å². The van der Waals surface area contributed by atoms with Gasteiger partial charge in [0.1, 0.15) is 0 Å². The van der Waals surface area contributed by atoms with Gasteiger partial charge in [0.15, 0.2) is 0 Å². The van der Waals surface area contributed by atoms with Crippen LogP contribution >= 0.6 is 23.2 Å². The lowest BCUT2D eigenvalue weighted by Gasteiger charge is -2.34. The Morgan fingerprint density at radius 2 is 1.50 bits per heavy atom. The standard InChI is InChI=1S/C16H22Cl2O3S/c17-16(18,22(20,21)14-9-5-4-6-10-14)13-15(19)11-7-2-1-3-8-12-15/h4-6,9-10,19H,1-3,7-8,11-13H2. The Morgan fingerprint density at radius 1 is 1.00 bits per heavy atom. The summed E-state index contributed by atoms with van der Waals surface area (Å²) in [7, 11) is -3.93. The molecule has 6 heteroatoms. The van der Waals surface area contributed by atoms with E-state index in [1.54, 1.807) is 18.2 Å². The van der Waals surface area contributed by atoms with Crippen LogP contribution in [-0.2, 0) is 9.84 Å². The number of hydrogen-bond acceptors (Lipinski definition) is 3. The van der Waals surface area contributed by atoms with Crippen LogP contribution in [-0.4, -0.2) is 22.8 Å². The number of aliphatic hydroxyl groups is 1. The molecule has 0 spiro atoms. The van der Waals surface area contributed by atoms with Crippen LogP contribution in [0.4, 0.5) is 0 Å². The first-order valence-electron chi connectivity index (χ1n) is 7.67. The smallest absolute Gasteiger partial charge is 0.225 e. The van der Waals surface area contributed by atoms with Crippen molar-refractivity contribution in [3.63, 3.8) is 0 Å². The molecule has 0 amide bonds. The number of benzene rings is 1. The van der Waals surface area contributed by atoms with Gasteiger partial charge in [-0.15, -0.1) is 0 Å². The Balaban J connectivity index is 2.22. The van der Waals surface area contributed by atoms with Crippen molar-refractivity contribution in [2.75, 3.05) is 0 Å². The summed E-state index contributed by atoms with van der Waals surface area (Å²) in [6.45, 7) is 0. The highest BCUT2D eigenvalue weighted by Crippen LogP contribution is 2.43. The fourth-order valence-electron chi connectivity index (χ4n) is 2.99. The lowest BCUT2D eigenvalue weighted by molar-refractivity contribution is 0.00698. The molecule has 2 rings (SSSR count). The number of sulfone groups is 1. The second kappa shape index (κ2) is 7.08. The molecule has 1 aliphatic carbocycles. The number of alkyl halides is 2. The highest BCUT2D eigenvalue weighted by atomic mass is 35.5. The van der Waals surface area contributed by atoms with Crippen molar-refractivity contribution in [3.05, 3.63) is 30.3 Å². The largest absolute Gasteiger partial charge is 0.390 e. The maximum Gasteiger partial charge on any atom is 0.225 e. The van der Waals surface area contributed by atoms with E-state index in [2.05, 4.69) is 0 Å². The van der Waals surface area contributed by atoms with Crippen molar-refractivity contribution in [3.8, 4) is 0 Å². The topological polar surface area (TPSA) is 54.4 Å². The first-order chi connectivity index (χ1) is 10.3. The number of rotatable bonds is 4. The molecule has 1 N–H and O–H groups in total. The van der Waals surface area contributed by atoms with Crippen molar-refractivity contribution in [1.29, 1.82) is 0 Å². The highest BCUT2D eigenvalue weighted by molar-refractivity contribution is 7.95. The fourth-order valence-corrected chi connectivity index (χ4v) is 5.34. The van der Waals surface area contributed by atoms with Crippen LogP contribution in [0, 0.1) is 0 Å². The zero-order valence-corrected chi connectivity index (χ0v) is 14.8. The average molecular weight is 365 g/mol. The van der Waals surface area contributed by atoms with E-state index in [-0.39, 0.29) is 11.3 Å². The molecular formula is C16H22Cl2O3S. The molecule has 1 aliphatic rings. The number of hydrogen-bond donors (Lipinski definition) is 1. The summed E-state index contributed by atoms with van der Waals surface area (Å²) in [5.41, 5.74) is -1.12. The lowest BCUT2D eigenvalue weighted by Crippen LogP contribution is -2.40. The summed E-state index contributed by atoms with van der Waals surface area (Å²) < 4.78 is 23.3. The maximum atomic E-state index is 12.6. The fraction of sp³-hybridized carbons (Fsp3) is 0.625. The molecule has 22 heavy (non-hydrogen) atoms. The summed E-state index contributed by atoms with van der Waals surface area (Å²) in [6, 6.07) is 7.92. The Bertz CT molecular complexity index is 577. The summed E-state index contributed by atoms with van der Waals surface area (Å²) in [5, 5.41) is 10.8. The second-order valence-electron chi connectivity index (χ2n) is 6.12. The zero-order chi connectivity index (χ0) is 16.3. The Kier molecular flexibility index (Phi) is 5.81. The van der Waals surface area contributed by atoms with E-state index < -0.39 is 19.1 Å². The maximum absolute atomic E-state index is 12.6. The van der Waals surface area contributed by atoms with Crippen LogP contribution in [0.2, 0.25) is 0 Å². The Morgan fingerprint density at radius 3 is 2.05 bits per heavy atom. The van der Waals surface area contributed by atoms with Crippen molar-refractivity contribution < 1.29 is 13.5 Å². The van der Waals surface area contributed by atoms with E-state index in [0.29, 0.717) is 12.8 Å². The Hall–Kier alpha value is -0.290. The summed E-state index contributed by atoms with van der Waals surface area (Å²) >= 11 is 12.4. The summed E-state index contributed by atoms with van der Waals surface area (Å²) in [6.07, 6.45) is 5.90. The van der Waals surface area contributed by atoms with Crippen LogP contribution in [0.3, 0.4) is 0 Å². The van der Waals surface area contributed by atoms with Crippen LogP contribution in [0.25, 0.3) is 0 Å². The normalized spacial score (nSPS) is 20.1. The van der Waals surface area contributed by atoms with Crippen molar-refractivity contribution >= 4 is 33.0 Å². The molecule has 1 aromatic carbocycles. The molecule has 1 fully saturated rings. The summed E-state index contributed by atoms with van der Waals surface area (Å²) in [5.74, 6) is 0. The minimum absolute atomic E-state index is 0.0782. The monoisotopic (exact) mass is 364 g/mol. The predicted molar refractivity (Wildman–Crippen MR) is 90.0 cm³/mol. The highest BCUT2D eigenvalue weighted by Gasteiger charge is 2.47. The van der Waals surface area contributed by atoms with Gasteiger partial charge in [-0.05, 0) is 25.0 Å². The molecular weight excluding hydrogens is 343 g/mol. The minimum atomic E-state index is -3.93. The lowest BCUT2D eigenvalue weighted by atomic mass is 9.85. The van der Waals surface area contributed by atoms with Gasteiger partial charge in [0.2, 0.25) is 13.5 Å². The average Bonchev–Trinajstić information content (AvgIpc) is 2.44. The molecule has 124 valence electrons. The molecule has 0 unspecified atom stereocenters. The van der Waals surface area contributed by atoms with Crippen molar-refractivity contribution in [2.24, 2.45) is 0 Å². The van der Waals surface area contributed by atoms with E-state index in [1.165, 1.54) is 12.1 Å². The van der Waals surface area contributed by atoms with Crippen molar-refractivity contribution in [2.45, 2.75) is 65.5 Å². The van der Waals surface area contributed by atoms with Crippen LogP contribution in [0.5, 0.6) is 0 Å². The van der Waals surface area contributed by atoms with Crippen LogP contribution in [0.15, 0.2) is 35.2 Å². The quantitative estimate of drug-likeness (QED) is 0.802. The first kappa shape index (κ1) is 18.1. The van der Waals surface area contributed by atoms with Gasteiger partial charge in [-0.25, -0.2) is 8.42 Å². The molecule has 0 saturated heterocycles. The molecule has 0 aromatic heterocycles. The van der Waals surface area contributed by atoms with Gasteiger partial charge in [-0.3, -0.25) is 0 Å². The molecule has 0 heterocycles. The van der Waals surface area contributed by atoms with Crippen LogP contribution in [0.1, 0.15) is 51.4 Å². The summed E-state index contributed by atoms with van der Waals surface area (Å²) in [4.78, 5) is 0.0782. The van der Waals surface area contributed by atoms with E-state index in [4.69, 9.17) is 23.2 Å². The molecule has 0 aliphatic heterocycles. The molecule has 0 bridgehead atoms. The minimum Gasteiger partial charge on any atom is -0.390 e. The van der Waals surface area contributed by atoms with Crippen LogP contribution < -0.4 is 0 Å². The van der Waals surface area contributed by atoms with Gasteiger partial charge in [0, 0.05) is 6.42 Å². The number of halogens is 2. The van der Waals surface area contributed by atoms with E-state index >= 15 is 0 Å². The molecule has 0 atom stereocenters. The molecule has 1 saturated carbocycles. The third kappa shape index (κ3) is 4.16. The Labute approximate surface area is 142 Å². The van der Waals surface area contributed by atoms with E-state index in [9.17, 15) is 13.5 Å². The molecule has 0 radical (unpaired) electrons. The van der Waals surface area contributed by atoms with Gasteiger partial charge in [-0.1, -0.05) is 73.5 Å². The van der Waals surface area contributed by atoms with E-state index in [0.717, 1.165) is 32.1 Å². The second-order valence-corrected chi connectivity index (χ2v) is 10.2. The third-order valence-corrected chi connectivity index (χ3v) is 7.58.